The highest BCUT2D eigenvalue weighted by atomic mass is 19.2. The molecule has 0 aliphatic rings. The van der Waals surface area contributed by atoms with Gasteiger partial charge in [0.15, 0.2) is 6.17 Å². The normalized spacial score (nSPS) is 12.6. The lowest BCUT2D eigenvalue weighted by Crippen LogP contribution is -2.28. The van der Waals surface area contributed by atoms with Gasteiger partial charge in [0.05, 0.1) is 13.2 Å². The van der Waals surface area contributed by atoms with Crippen LogP contribution in [0.5, 0.6) is 0 Å². The Bertz CT molecular complexity index is 311. The third-order valence-corrected chi connectivity index (χ3v) is 1.96. The largest absolute Gasteiger partial charge is 0.462 e. The van der Waals surface area contributed by atoms with E-state index in [1.54, 1.807) is 0 Å². The Balaban J connectivity index is 5.14. The van der Waals surface area contributed by atoms with E-state index >= 15 is 0 Å². The zero-order valence-corrected chi connectivity index (χ0v) is 11.0. The Morgan fingerprint density at radius 1 is 1.17 bits per heavy atom. The molecule has 0 aliphatic carbocycles. The molecule has 0 aliphatic heterocycles. The Labute approximate surface area is 105 Å². The van der Waals surface area contributed by atoms with Crippen LogP contribution in [0.2, 0.25) is 0 Å². The number of carbonyl (C=O) groups excluding carboxylic acids is 2. The highest BCUT2D eigenvalue weighted by molar-refractivity contribution is 6.14. The highest BCUT2D eigenvalue weighted by Crippen LogP contribution is 2.21. The average molecular weight is 264 g/mol. The second kappa shape index (κ2) is 7.08. The summed E-state index contributed by atoms with van der Waals surface area (Å²) in [5.41, 5.74) is -2.83. The van der Waals surface area contributed by atoms with Crippen LogP contribution in [0.4, 0.5) is 8.78 Å². The van der Waals surface area contributed by atoms with Crippen molar-refractivity contribution in [2.75, 3.05) is 13.2 Å². The number of allylic oxidation sites excluding steroid dienone is 1. The van der Waals surface area contributed by atoms with Crippen molar-refractivity contribution in [1.29, 1.82) is 0 Å². The van der Waals surface area contributed by atoms with Crippen LogP contribution in [0.25, 0.3) is 0 Å². The summed E-state index contributed by atoms with van der Waals surface area (Å²) < 4.78 is 36.0. The highest BCUT2D eigenvalue weighted by Gasteiger charge is 2.31. The molecule has 0 bridgehead atoms. The van der Waals surface area contributed by atoms with Gasteiger partial charge in [-0.05, 0) is 33.8 Å². The van der Waals surface area contributed by atoms with Gasteiger partial charge in [-0.3, -0.25) is 0 Å². The van der Waals surface area contributed by atoms with Gasteiger partial charge in [-0.1, -0.05) is 0 Å². The van der Waals surface area contributed by atoms with Gasteiger partial charge in [0, 0.05) is 0 Å². The van der Waals surface area contributed by atoms with Crippen molar-refractivity contribution in [1.82, 2.24) is 0 Å². The van der Waals surface area contributed by atoms with Crippen LogP contribution in [0, 0.1) is 0 Å². The van der Waals surface area contributed by atoms with Crippen molar-refractivity contribution in [3.05, 3.63) is 11.6 Å². The fraction of sp³-hybridized carbons (Fsp3) is 0.667. The smallest absolute Gasteiger partial charge is 0.345 e. The van der Waals surface area contributed by atoms with Crippen LogP contribution >= 0.6 is 0 Å². The molecule has 0 heterocycles. The van der Waals surface area contributed by atoms with Gasteiger partial charge < -0.3 is 9.47 Å². The van der Waals surface area contributed by atoms with Gasteiger partial charge in [0.25, 0.3) is 0 Å². The molecule has 0 aromatic carbocycles. The van der Waals surface area contributed by atoms with Crippen LogP contribution in [-0.2, 0) is 19.1 Å². The van der Waals surface area contributed by atoms with Crippen molar-refractivity contribution < 1.29 is 27.8 Å². The lowest BCUT2D eigenvalue weighted by Gasteiger charge is -2.17. The van der Waals surface area contributed by atoms with E-state index in [1.165, 1.54) is 13.8 Å². The number of esters is 2. The van der Waals surface area contributed by atoms with Crippen molar-refractivity contribution in [3.8, 4) is 0 Å². The zero-order valence-electron chi connectivity index (χ0n) is 11.0. The molecule has 0 aromatic rings. The van der Waals surface area contributed by atoms with E-state index in [9.17, 15) is 18.4 Å². The standard InChI is InChI=1S/C12H18F2O4/c1-5-17-10(15)8(11(16)18-6-2)7-9(13)12(3,4)14/h7,9H,5-6H2,1-4H3. The van der Waals surface area contributed by atoms with Gasteiger partial charge in [-0.2, -0.15) is 0 Å². The van der Waals surface area contributed by atoms with Gasteiger partial charge in [-0.25, -0.2) is 18.4 Å². The summed E-state index contributed by atoms with van der Waals surface area (Å²) in [6.45, 7) is 5.11. The maximum absolute atomic E-state index is 13.5. The maximum atomic E-state index is 13.5. The molecule has 104 valence electrons. The molecule has 0 saturated heterocycles. The molecule has 0 spiro atoms. The Hall–Kier alpha value is -1.46. The second-order valence-corrected chi connectivity index (χ2v) is 3.99. The summed E-state index contributed by atoms with van der Waals surface area (Å²) in [4.78, 5) is 22.9. The number of alkyl halides is 2. The summed E-state index contributed by atoms with van der Waals surface area (Å²) in [7, 11) is 0. The SMILES string of the molecule is CCOC(=O)C(=CC(F)C(C)(C)F)C(=O)OCC. The summed E-state index contributed by atoms with van der Waals surface area (Å²) >= 11 is 0. The molecule has 18 heavy (non-hydrogen) atoms. The maximum Gasteiger partial charge on any atom is 0.345 e. The number of halogens is 2. The quantitative estimate of drug-likeness (QED) is 0.319. The van der Waals surface area contributed by atoms with Crippen LogP contribution < -0.4 is 0 Å². The first-order chi connectivity index (χ1) is 8.23. The monoisotopic (exact) mass is 264 g/mol. The Morgan fingerprint density at radius 3 is 1.83 bits per heavy atom. The molecule has 0 amide bonds. The van der Waals surface area contributed by atoms with Crippen LogP contribution in [0.15, 0.2) is 11.6 Å². The van der Waals surface area contributed by atoms with E-state index in [0.29, 0.717) is 6.08 Å². The molecule has 0 fully saturated rings. The van der Waals surface area contributed by atoms with Crippen molar-refractivity contribution in [3.63, 3.8) is 0 Å². The lowest BCUT2D eigenvalue weighted by atomic mass is 10.0. The third kappa shape index (κ3) is 5.25. The molecule has 0 rings (SSSR count). The minimum Gasteiger partial charge on any atom is -0.462 e. The van der Waals surface area contributed by atoms with Crippen LogP contribution in [-0.4, -0.2) is 37.0 Å². The molecule has 0 N–H and O–H groups in total. The molecular formula is C12H18F2O4. The molecule has 1 unspecified atom stereocenters. The first-order valence-electron chi connectivity index (χ1n) is 5.63. The predicted octanol–water partition coefficient (Wildman–Crippen LogP) is 2.13. The third-order valence-electron chi connectivity index (χ3n) is 1.96. The van der Waals surface area contributed by atoms with E-state index in [1.807, 2.05) is 0 Å². The van der Waals surface area contributed by atoms with Gasteiger partial charge in [0.1, 0.15) is 11.2 Å². The summed E-state index contributed by atoms with van der Waals surface area (Å²) in [6.07, 6.45) is -1.52. The molecule has 6 heteroatoms. The number of carbonyl (C=O) groups is 2. The van der Waals surface area contributed by atoms with Crippen LogP contribution in [0.3, 0.4) is 0 Å². The number of hydrogen-bond acceptors (Lipinski definition) is 4. The molecule has 0 radical (unpaired) electrons. The van der Waals surface area contributed by atoms with Gasteiger partial charge >= 0.3 is 11.9 Å². The van der Waals surface area contributed by atoms with E-state index in [-0.39, 0.29) is 13.2 Å². The molecule has 1 atom stereocenters. The molecule has 0 aromatic heterocycles. The average Bonchev–Trinajstić information content (AvgIpc) is 2.24. The van der Waals surface area contributed by atoms with Crippen molar-refractivity contribution in [2.45, 2.75) is 39.5 Å². The minimum atomic E-state index is -2.20. The van der Waals surface area contributed by atoms with E-state index in [4.69, 9.17) is 0 Å². The number of ether oxygens (including phenoxy) is 2. The van der Waals surface area contributed by atoms with Gasteiger partial charge in [0.2, 0.25) is 0 Å². The lowest BCUT2D eigenvalue weighted by molar-refractivity contribution is -0.146. The molecular weight excluding hydrogens is 246 g/mol. The first kappa shape index (κ1) is 16.5. The van der Waals surface area contributed by atoms with E-state index in [0.717, 1.165) is 13.8 Å². The van der Waals surface area contributed by atoms with E-state index in [2.05, 4.69) is 9.47 Å². The topological polar surface area (TPSA) is 52.6 Å². The van der Waals surface area contributed by atoms with Crippen molar-refractivity contribution >= 4 is 11.9 Å². The summed E-state index contributed by atoms with van der Waals surface area (Å²) in [5, 5.41) is 0. The molecule has 4 nitrogen and oxygen atoms in total. The zero-order chi connectivity index (χ0) is 14.3. The first-order valence-corrected chi connectivity index (χ1v) is 5.63. The summed E-state index contributed by atoms with van der Waals surface area (Å²) in [5.74, 6) is -2.05. The summed E-state index contributed by atoms with van der Waals surface area (Å²) in [6, 6.07) is 0. The number of hydrogen-bond donors (Lipinski definition) is 0. The fourth-order valence-corrected chi connectivity index (χ4v) is 0.982. The number of rotatable bonds is 6. The van der Waals surface area contributed by atoms with Crippen LogP contribution in [0.1, 0.15) is 27.7 Å². The second-order valence-electron chi connectivity index (χ2n) is 3.99. The molecule has 0 saturated carbocycles. The van der Waals surface area contributed by atoms with E-state index < -0.39 is 29.4 Å². The Morgan fingerprint density at radius 2 is 1.56 bits per heavy atom. The van der Waals surface area contributed by atoms with Gasteiger partial charge in [-0.15, -0.1) is 0 Å². The van der Waals surface area contributed by atoms with Crippen molar-refractivity contribution in [2.24, 2.45) is 0 Å². The predicted molar refractivity (Wildman–Crippen MR) is 61.4 cm³/mol. The fourth-order valence-electron chi connectivity index (χ4n) is 0.982. The minimum absolute atomic E-state index is 0.0194. The Kier molecular flexibility index (Phi) is 6.51.